The molecular weight excluding hydrogens is 282 g/mol. The van der Waals surface area contributed by atoms with Gasteiger partial charge >= 0.3 is 0 Å². The van der Waals surface area contributed by atoms with Crippen LogP contribution in [0.3, 0.4) is 0 Å². The van der Waals surface area contributed by atoms with Crippen molar-refractivity contribution < 1.29 is 17.7 Å². The third kappa shape index (κ3) is 3.78. The van der Waals surface area contributed by atoms with Crippen molar-refractivity contribution in [3.8, 4) is 17.5 Å². The van der Waals surface area contributed by atoms with Crippen LogP contribution < -0.4 is 4.68 Å². The van der Waals surface area contributed by atoms with Crippen LogP contribution in [0.4, 0.5) is 0 Å². The summed E-state index contributed by atoms with van der Waals surface area (Å²) in [6.07, 6.45) is 5.84. The number of hydrogen-bond acceptors (Lipinski definition) is 6. The van der Waals surface area contributed by atoms with Gasteiger partial charge in [0.25, 0.3) is 10.1 Å². The molecule has 0 amide bonds. The summed E-state index contributed by atoms with van der Waals surface area (Å²) in [6.45, 7) is 0.0489. The molecular formula is C11H10N5O3S+. The van der Waals surface area contributed by atoms with E-state index < -0.39 is 15.9 Å². The van der Waals surface area contributed by atoms with Crippen molar-refractivity contribution in [2.24, 2.45) is 0 Å². The van der Waals surface area contributed by atoms with Crippen molar-refractivity contribution in [1.82, 2.24) is 15.1 Å². The van der Waals surface area contributed by atoms with E-state index in [0.29, 0.717) is 17.0 Å². The summed E-state index contributed by atoms with van der Waals surface area (Å²) in [7, 11) is -4.01. The molecule has 102 valence electrons. The molecule has 0 unspecified atom stereocenters. The summed E-state index contributed by atoms with van der Waals surface area (Å²) in [4.78, 5) is 8.03. The lowest BCUT2D eigenvalue weighted by molar-refractivity contribution is -0.750. The molecule has 0 aliphatic heterocycles. The first-order valence-electron chi connectivity index (χ1n) is 5.51. The van der Waals surface area contributed by atoms with Gasteiger partial charge in [-0.25, -0.2) is 9.97 Å². The highest BCUT2D eigenvalue weighted by atomic mass is 32.2. The number of rotatable bonds is 4. The van der Waals surface area contributed by atoms with Gasteiger partial charge in [-0.3, -0.25) is 4.55 Å². The molecule has 0 fully saturated rings. The highest BCUT2D eigenvalue weighted by Crippen LogP contribution is 2.10. The van der Waals surface area contributed by atoms with Gasteiger partial charge < -0.3 is 0 Å². The molecule has 0 saturated carbocycles. The van der Waals surface area contributed by atoms with E-state index >= 15 is 0 Å². The molecule has 0 aliphatic carbocycles. The molecule has 8 nitrogen and oxygen atoms in total. The number of hydrogen-bond donors (Lipinski definition) is 1. The Hall–Kier alpha value is -2.44. The predicted octanol–water partition coefficient (Wildman–Crippen LogP) is -0.414. The zero-order chi connectivity index (χ0) is 14.6. The number of aromatic nitrogens is 4. The minimum absolute atomic E-state index is 0.0489. The summed E-state index contributed by atoms with van der Waals surface area (Å²) in [6, 6.07) is 3.59. The van der Waals surface area contributed by atoms with Crippen LogP contribution >= 0.6 is 0 Å². The highest BCUT2D eigenvalue weighted by molar-refractivity contribution is 7.85. The van der Waals surface area contributed by atoms with E-state index in [9.17, 15) is 8.42 Å². The quantitative estimate of drug-likeness (QED) is 0.600. The van der Waals surface area contributed by atoms with Crippen LogP contribution in [0.25, 0.3) is 11.4 Å². The molecule has 2 heterocycles. The van der Waals surface area contributed by atoms with Gasteiger partial charge in [0.1, 0.15) is 18.0 Å². The van der Waals surface area contributed by atoms with Gasteiger partial charge in [-0.05, 0) is 5.10 Å². The van der Waals surface area contributed by atoms with Gasteiger partial charge in [0.2, 0.25) is 0 Å². The van der Waals surface area contributed by atoms with E-state index in [1.165, 1.54) is 23.3 Å². The molecule has 0 saturated heterocycles. The average molecular weight is 292 g/mol. The molecule has 0 spiro atoms. The SMILES string of the molecule is N#Cc1cnc(-c2cc[n+](CCS(=O)(=O)O)nc2)nc1. The predicted molar refractivity (Wildman–Crippen MR) is 66.6 cm³/mol. The Morgan fingerprint density at radius 2 is 2.00 bits per heavy atom. The second-order valence-electron chi connectivity index (χ2n) is 3.87. The molecule has 20 heavy (non-hydrogen) atoms. The lowest BCUT2D eigenvalue weighted by atomic mass is 10.3. The molecule has 2 aromatic heterocycles. The summed E-state index contributed by atoms with van der Waals surface area (Å²) in [5.74, 6) is 0.00984. The first-order chi connectivity index (χ1) is 9.48. The van der Waals surface area contributed by atoms with Crippen LogP contribution in [0.1, 0.15) is 5.56 Å². The fraction of sp³-hybridized carbons (Fsp3) is 0.182. The maximum absolute atomic E-state index is 10.6. The van der Waals surface area contributed by atoms with E-state index in [-0.39, 0.29) is 6.54 Å². The minimum atomic E-state index is -4.01. The summed E-state index contributed by atoms with van der Waals surface area (Å²) >= 11 is 0. The second kappa shape index (κ2) is 5.68. The molecule has 1 N–H and O–H groups in total. The first-order valence-corrected chi connectivity index (χ1v) is 7.12. The third-order valence-corrected chi connectivity index (χ3v) is 3.09. The Balaban J connectivity index is 2.13. The lowest BCUT2D eigenvalue weighted by Gasteiger charge is -1.98. The van der Waals surface area contributed by atoms with E-state index in [4.69, 9.17) is 9.81 Å². The summed E-state index contributed by atoms with van der Waals surface area (Å²) in [5, 5.41) is 12.6. The van der Waals surface area contributed by atoms with Crippen LogP contribution in [-0.2, 0) is 16.7 Å². The number of aryl methyl sites for hydroxylation is 1. The van der Waals surface area contributed by atoms with Gasteiger partial charge in [0.05, 0.1) is 5.56 Å². The topological polar surface area (TPSA) is 121 Å². The summed E-state index contributed by atoms with van der Waals surface area (Å²) in [5.41, 5.74) is 0.999. The van der Waals surface area contributed by atoms with Crippen molar-refractivity contribution in [2.75, 3.05) is 5.75 Å². The number of nitrogens with zero attached hydrogens (tertiary/aromatic N) is 5. The molecule has 2 rings (SSSR count). The van der Waals surface area contributed by atoms with Crippen LogP contribution in [0.5, 0.6) is 0 Å². The van der Waals surface area contributed by atoms with Gasteiger partial charge in [0, 0.05) is 24.0 Å². The second-order valence-corrected chi connectivity index (χ2v) is 5.44. The third-order valence-electron chi connectivity index (χ3n) is 2.39. The lowest BCUT2D eigenvalue weighted by Crippen LogP contribution is -2.40. The Labute approximate surface area is 115 Å². The van der Waals surface area contributed by atoms with Crippen LogP contribution in [-0.4, -0.2) is 33.8 Å². The maximum Gasteiger partial charge on any atom is 0.271 e. The van der Waals surface area contributed by atoms with E-state index in [1.54, 1.807) is 12.3 Å². The monoisotopic (exact) mass is 292 g/mol. The van der Waals surface area contributed by atoms with E-state index in [1.807, 2.05) is 6.07 Å². The molecule has 0 atom stereocenters. The van der Waals surface area contributed by atoms with Gasteiger partial charge in [0.15, 0.2) is 18.6 Å². The average Bonchev–Trinajstić information content (AvgIpc) is 2.45. The van der Waals surface area contributed by atoms with Crippen LogP contribution in [0, 0.1) is 11.3 Å². The zero-order valence-corrected chi connectivity index (χ0v) is 11.0. The van der Waals surface area contributed by atoms with Crippen molar-refractivity contribution in [3.05, 3.63) is 36.4 Å². The van der Waals surface area contributed by atoms with Crippen molar-refractivity contribution in [1.29, 1.82) is 5.26 Å². The maximum atomic E-state index is 10.6. The number of nitriles is 1. The Kier molecular flexibility index (Phi) is 3.97. The van der Waals surface area contributed by atoms with Gasteiger partial charge in [-0.15, -0.1) is 0 Å². The van der Waals surface area contributed by atoms with E-state index in [0.717, 1.165) is 0 Å². The normalized spacial score (nSPS) is 11.0. The molecule has 9 heteroatoms. The Morgan fingerprint density at radius 3 is 2.50 bits per heavy atom. The standard InChI is InChI=1S/C11H9N5O3S/c12-5-9-6-13-11(14-7-9)10-1-2-16(15-8-10)3-4-20(17,18)19/h1-2,6-8H,3-4H2/p+1. The smallest absolute Gasteiger partial charge is 0.271 e. The Bertz CT molecular complexity index is 735. The summed E-state index contributed by atoms with van der Waals surface area (Å²) < 4.78 is 31.3. The largest absolute Gasteiger partial charge is 0.285 e. The molecule has 0 bridgehead atoms. The molecule has 2 aromatic rings. The van der Waals surface area contributed by atoms with Gasteiger partial charge in [-0.2, -0.15) is 13.7 Å². The molecule has 0 aromatic carbocycles. The molecule has 0 radical (unpaired) electrons. The first kappa shape index (κ1) is 14.0. The van der Waals surface area contributed by atoms with Crippen LogP contribution in [0.15, 0.2) is 30.9 Å². The van der Waals surface area contributed by atoms with Crippen molar-refractivity contribution >= 4 is 10.1 Å². The minimum Gasteiger partial charge on any atom is -0.285 e. The Morgan fingerprint density at radius 1 is 1.30 bits per heavy atom. The fourth-order valence-electron chi connectivity index (χ4n) is 1.39. The van der Waals surface area contributed by atoms with Crippen molar-refractivity contribution in [3.63, 3.8) is 0 Å². The fourth-order valence-corrected chi connectivity index (χ4v) is 1.81. The van der Waals surface area contributed by atoms with E-state index in [2.05, 4.69) is 15.1 Å². The highest BCUT2D eigenvalue weighted by Gasteiger charge is 2.11. The molecule has 0 aliphatic rings. The van der Waals surface area contributed by atoms with Crippen molar-refractivity contribution in [2.45, 2.75) is 6.54 Å². The van der Waals surface area contributed by atoms with Crippen LogP contribution in [0.2, 0.25) is 0 Å². The van der Waals surface area contributed by atoms with Gasteiger partial charge in [-0.1, -0.05) is 4.68 Å². The zero-order valence-electron chi connectivity index (χ0n) is 10.2.